The van der Waals surface area contributed by atoms with Crippen LogP contribution in [0.25, 0.3) is 0 Å². The molecule has 0 saturated carbocycles. The molecule has 140 valence electrons. The molecule has 1 aliphatic rings. The molecule has 0 aromatic carbocycles. The van der Waals surface area contributed by atoms with Crippen molar-refractivity contribution < 1.29 is 9.53 Å². The van der Waals surface area contributed by atoms with E-state index in [-0.39, 0.29) is 6.09 Å². The van der Waals surface area contributed by atoms with Gasteiger partial charge in [0.2, 0.25) is 0 Å². The van der Waals surface area contributed by atoms with Crippen LogP contribution in [-0.4, -0.2) is 61.3 Å². The van der Waals surface area contributed by atoms with Crippen LogP contribution in [0.5, 0.6) is 0 Å². The summed E-state index contributed by atoms with van der Waals surface area (Å²) in [5.74, 6) is 0.845. The van der Waals surface area contributed by atoms with E-state index in [0.29, 0.717) is 19.1 Å². The molecule has 25 heavy (non-hydrogen) atoms. The fraction of sp³-hybridized carbons (Fsp3) is 0.706. The minimum absolute atomic E-state index is 0.241. The van der Waals surface area contributed by atoms with Gasteiger partial charge in [0, 0.05) is 43.5 Å². The molecule has 0 radical (unpaired) electrons. The van der Waals surface area contributed by atoms with Crippen molar-refractivity contribution in [1.82, 2.24) is 20.5 Å². The van der Waals surface area contributed by atoms with E-state index in [1.807, 2.05) is 6.92 Å². The number of methoxy groups -OCH3 is 1. The van der Waals surface area contributed by atoms with Gasteiger partial charge in [-0.25, -0.2) is 9.78 Å². The summed E-state index contributed by atoms with van der Waals surface area (Å²) in [6.07, 6.45) is 2.46. The number of hydrogen-bond donors (Lipinski definition) is 2. The van der Waals surface area contributed by atoms with Crippen molar-refractivity contribution in [3.05, 3.63) is 15.6 Å². The van der Waals surface area contributed by atoms with E-state index in [0.717, 1.165) is 49.0 Å². The molecule has 0 bridgehead atoms. The summed E-state index contributed by atoms with van der Waals surface area (Å²) in [6, 6.07) is 0.325. The number of aryl methyl sites for hydroxylation is 2. The number of rotatable bonds is 5. The molecule has 2 N–H and O–H groups in total. The van der Waals surface area contributed by atoms with Gasteiger partial charge in [-0.1, -0.05) is 0 Å². The number of aromatic nitrogens is 1. The highest BCUT2D eigenvalue weighted by Gasteiger charge is 2.23. The Bertz CT molecular complexity index is 594. The van der Waals surface area contributed by atoms with E-state index < -0.39 is 0 Å². The summed E-state index contributed by atoms with van der Waals surface area (Å²) >= 11 is 1.75. The number of aliphatic imine (C=N–C) groups is 1. The van der Waals surface area contributed by atoms with Crippen LogP contribution in [0.15, 0.2) is 4.99 Å². The van der Waals surface area contributed by atoms with Crippen LogP contribution in [0.3, 0.4) is 0 Å². The maximum absolute atomic E-state index is 11.5. The Balaban J connectivity index is 1.83. The predicted molar refractivity (Wildman–Crippen MR) is 101 cm³/mol. The highest BCUT2D eigenvalue weighted by molar-refractivity contribution is 7.11. The van der Waals surface area contributed by atoms with E-state index in [2.05, 4.69) is 29.5 Å². The fourth-order valence-corrected chi connectivity index (χ4v) is 3.85. The molecule has 0 atom stereocenters. The molecule has 7 nitrogen and oxygen atoms in total. The lowest BCUT2D eigenvalue weighted by molar-refractivity contribution is 0.111. The minimum Gasteiger partial charge on any atom is -0.453 e. The molecule has 2 rings (SSSR count). The van der Waals surface area contributed by atoms with E-state index in [1.54, 1.807) is 16.2 Å². The van der Waals surface area contributed by atoms with Crippen molar-refractivity contribution >= 4 is 23.4 Å². The second-order valence-corrected chi connectivity index (χ2v) is 7.42. The van der Waals surface area contributed by atoms with E-state index in [9.17, 15) is 4.79 Å². The topological polar surface area (TPSA) is 78.9 Å². The fourth-order valence-electron chi connectivity index (χ4n) is 2.92. The first-order chi connectivity index (χ1) is 12.0. The van der Waals surface area contributed by atoms with Gasteiger partial charge in [-0.15, -0.1) is 11.3 Å². The zero-order valence-corrected chi connectivity index (χ0v) is 16.4. The van der Waals surface area contributed by atoms with Crippen LogP contribution in [0.1, 0.15) is 35.3 Å². The largest absolute Gasteiger partial charge is 0.453 e. The van der Waals surface area contributed by atoms with Crippen molar-refractivity contribution in [1.29, 1.82) is 0 Å². The third kappa shape index (κ3) is 5.88. The van der Waals surface area contributed by atoms with E-state index in [4.69, 9.17) is 9.73 Å². The smallest absolute Gasteiger partial charge is 0.409 e. The third-order valence-electron chi connectivity index (χ3n) is 4.22. The van der Waals surface area contributed by atoms with Gasteiger partial charge in [-0.2, -0.15) is 0 Å². The van der Waals surface area contributed by atoms with Crippen molar-refractivity contribution in [2.45, 2.75) is 46.1 Å². The number of ether oxygens (including phenoxy) is 1. The van der Waals surface area contributed by atoms with Crippen molar-refractivity contribution in [2.75, 3.05) is 33.3 Å². The van der Waals surface area contributed by atoms with E-state index >= 15 is 0 Å². The van der Waals surface area contributed by atoms with Crippen LogP contribution in [0.4, 0.5) is 4.79 Å². The molecule has 1 fully saturated rings. The number of piperidine rings is 1. The minimum atomic E-state index is -0.241. The summed E-state index contributed by atoms with van der Waals surface area (Å²) in [5.41, 5.74) is 1.12. The summed E-state index contributed by atoms with van der Waals surface area (Å²) in [5, 5.41) is 7.90. The lowest BCUT2D eigenvalue weighted by Crippen LogP contribution is -2.49. The Kier molecular flexibility index (Phi) is 7.49. The number of carbonyl (C=O) groups is 1. The molecule has 1 aliphatic heterocycles. The highest BCUT2D eigenvalue weighted by atomic mass is 32.1. The van der Waals surface area contributed by atoms with Gasteiger partial charge >= 0.3 is 6.09 Å². The molecule has 0 unspecified atom stereocenters. The molecule has 2 heterocycles. The normalized spacial score (nSPS) is 16.0. The number of nitrogens with one attached hydrogen (secondary N) is 2. The number of amides is 1. The Labute approximate surface area is 153 Å². The third-order valence-corrected chi connectivity index (χ3v) is 5.35. The summed E-state index contributed by atoms with van der Waals surface area (Å²) in [6.45, 7) is 9.14. The van der Waals surface area contributed by atoms with Gasteiger partial charge in [-0.05, 0) is 33.6 Å². The average Bonchev–Trinajstić information content (AvgIpc) is 2.92. The number of likely N-dealkylation sites (tertiary alicyclic amines) is 1. The highest BCUT2D eigenvalue weighted by Crippen LogP contribution is 2.17. The van der Waals surface area contributed by atoms with Crippen molar-refractivity contribution in [3.8, 4) is 0 Å². The zero-order valence-electron chi connectivity index (χ0n) is 15.6. The molecular weight excluding hydrogens is 338 g/mol. The maximum atomic E-state index is 11.5. The predicted octanol–water partition coefficient (Wildman–Crippen LogP) is 2.09. The quantitative estimate of drug-likeness (QED) is 0.615. The molecule has 1 saturated heterocycles. The molecule has 1 amide bonds. The second kappa shape index (κ2) is 9.60. The summed E-state index contributed by atoms with van der Waals surface area (Å²) < 4.78 is 4.78. The molecule has 0 spiro atoms. The molecule has 8 heteroatoms. The van der Waals surface area contributed by atoms with Gasteiger partial charge in [-0.3, -0.25) is 4.99 Å². The number of hydrogen-bond acceptors (Lipinski definition) is 5. The van der Waals surface area contributed by atoms with Crippen LogP contribution in [0.2, 0.25) is 0 Å². The lowest BCUT2D eigenvalue weighted by atomic mass is 10.1. The average molecular weight is 368 g/mol. The Morgan fingerprint density at radius 2 is 2.12 bits per heavy atom. The number of carbonyl (C=O) groups excluding carboxylic acids is 1. The molecular formula is C17H29N5O2S. The number of guanidine groups is 1. The lowest BCUT2D eigenvalue weighted by Gasteiger charge is -2.32. The maximum Gasteiger partial charge on any atom is 0.409 e. The Morgan fingerprint density at radius 3 is 2.68 bits per heavy atom. The van der Waals surface area contributed by atoms with Crippen LogP contribution in [0, 0.1) is 13.8 Å². The van der Waals surface area contributed by atoms with Gasteiger partial charge < -0.3 is 20.3 Å². The van der Waals surface area contributed by atoms with Crippen molar-refractivity contribution in [2.24, 2.45) is 4.99 Å². The summed E-state index contributed by atoms with van der Waals surface area (Å²) in [7, 11) is 1.43. The van der Waals surface area contributed by atoms with Crippen LogP contribution in [-0.2, 0) is 11.2 Å². The Morgan fingerprint density at radius 1 is 1.40 bits per heavy atom. The molecule has 1 aromatic heterocycles. The zero-order chi connectivity index (χ0) is 18.2. The Hall–Kier alpha value is -1.83. The number of thiazole rings is 1. The van der Waals surface area contributed by atoms with Gasteiger partial charge in [0.05, 0.1) is 17.8 Å². The van der Waals surface area contributed by atoms with E-state index in [1.165, 1.54) is 12.0 Å². The first-order valence-electron chi connectivity index (χ1n) is 8.84. The molecule has 0 aliphatic carbocycles. The number of nitrogens with zero attached hydrogens (tertiary/aromatic N) is 3. The standard InChI is InChI=1S/C17H29N5O2S/c1-5-18-16(19-9-6-15-12(2)20-13(3)25-15)21-14-7-10-22(11-8-14)17(23)24-4/h14H,5-11H2,1-4H3,(H2,18,19,21). The van der Waals surface area contributed by atoms with Gasteiger partial charge in [0.25, 0.3) is 0 Å². The van der Waals surface area contributed by atoms with Crippen molar-refractivity contribution in [3.63, 3.8) is 0 Å². The van der Waals surface area contributed by atoms with Gasteiger partial charge in [0.1, 0.15) is 0 Å². The van der Waals surface area contributed by atoms with Gasteiger partial charge in [0.15, 0.2) is 5.96 Å². The molecule has 1 aromatic rings. The second-order valence-electron chi connectivity index (χ2n) is 6.13. The first kappa shape index (κ1) is 19.5. The summed E-state index contributed by atoms with van der Waals surface area (Å²) in [4.78, 5) is 23.8. The first-order valence-corrected chi connectivity index (χ1v) is 9.65. The van der Waals surface area contributed by atoms with Crippen LogP contribution < -0.4 is 10.6 Å². The monoisotopic (exact) mass is 367 g/mol. The van der Waals surface area contributed by atoms with Crippen LogP contribution >= 0.6 is 11.3 Å². The SMILES string of the molecule is CCNC(=NCCc1sc(C)nc1C)NC1CCN(C(=O)OC)CC1.